The average molecular weight is 234 g/mol. The van der Waals surface area contributed by atoms with E-state index in [1.54, 1.807) is 18.2 Å². The van der Waals surface area contributed by atoms with E-state index in [4.69, 9.17) is 5.11 Å². The molecule has 0 unspecified atom stereocenters. The van der Waals surface area contributed by atoms with Gasteiger partial charge in [0.15, 0.2) is 0 Å². The fourth-order valence-electron chi connectivity index (χ4n) is 1.22. The minimum atomic E-state index is -0.983. The molecule has 0 aromatic heterocycles. The topological polar surface area (TPSA) is 78.4 Å². The number of carboxylic acids is 1. The van der Waals surface area contributed by atoms with Crippen molar-refractivity contribution in [3.63, 3.8) is 0 Å². The molecule has 17 heavy (non-hydrogen) atoms. The summed E-state index contributed by atoms with van der Waals surface area (Å²) in [6.45, 7) is 4.15. The lowest BCUT2D eigenvalue weighted by Gasteiger charge is -2.06. The van der Waals surface area contributed by atoms with Crippen molar-refractivity contribution in [3.05, 3.63) is 48.0 Å². The van der Waals surface area contributed by atoms with Gasteiger partial charge in [-0.15, -0.1) is 6.58 Å². The first-order chi connectivity index (χ1) is 8.13. The maximum atomic E-state index is 11.2. The summed E-state index contributed by atoms with van der Waals surface area (Å²) in [4.78, 5) is 21.9. The van der Waals surface area contributed by atoms with Crippen LogP contribution in [0.5, 0.6) is 0 Å². The Morgan fingerprint density at radius 3 is 2.76 bits per heavy atom. The number of carbonyl (C=O) groups is 2. The lowest BCUT2D eigenvalue weighted by molar-refractivity contribution is 0.0696. The molecule has 0 aliphatic heterocycles. The van der Waals surface area contributed by atoms with Crippen LogP contribution in [0.1, 0.15) is 15.9 Å². The standard InChI is InChI=1S/C12H14N2O3/c1-2-6-13-12(17)14-8-9-4-3-5-10(7-9)11(15)16/h2-5,7H,1,6,8H2,(H,15,16)(H2,13,14,17). The van der Waals surface area contributed by atoms with Gasteiger partial charge in [0.05, 0.1) is 5.56 Å². The minimum Gasteiger partial charge on any atom is -0.478 e. The van der Waals surface area contributed by atoms with Gasteiger partial charge in [0.25, 0.3) is 0 Å². The highest BCUT2D eigenvalue weighted by Crippen LogP contribution is 2.04. The molecular weight excluding hydrogens is 220 g/mol. The molecule has 1 aromatic rings. The molecule has 0 radical (unpaired) electrons. The Labute approximate surface area is 99.1 Å². The van der Waals surface area contributed by atoms with Crippen molar-refractivity contribution in [2.75, 3.05) is 6.54 Å². The molecule has 0 aliphatic rings. The van der Waals surface area contributed by atoms with Crippen LogP contribution >= 0.6 is 0 Å². The largest absolute Gasteiger partial charge is 0.478 e. The Bertz CT molecular complexity index is 430. The van der Waals surface area contributed by atoms with Gasteiger partial charge in [-0.25, -0.2) is 9.59 Å². The summed E-state index contributed by atoms with van der Waals surface area (Å²) in [5.41, 5.74) is 0.939. The highest BCUT2D eigenvalue weighted by molar-refractivity contribution is 5.87. The van der Waals surface area contributed by atoms with Crippen LogP contribution in [0.2, 0.25) is 0 Å². The first-order valence-corrected chi connectivity index (χ1v) is 5.08. The number of amides is 2. The van der Waals surface area contributed by atoms with Gasteiger partial charge in [-0.3, -0.25) is 0 Å². The second kappa shape index (κ2) is 6.32. The molecule has 5 nitrogen and oxygen atoms in total. The third-order valence-corrected chi connectivity index (χ3v) is 2.03. The van der Waals surface area contributed by atoms with Crippen molar-refractivity contribution in [1.82, 2.24) is 10.6 Å². The van der Waals surface area contributed by atoms with Gasteiger partial charge < -0.3 is 15.7 Å². The number of nitrogens with one attached hydrogen (secondary N) is 2. The smallest absolute Gasteiger partial charge is 0.335 e. The molecule has 0 saturated carbocycles. The van der Waals surface area contributed by atoms with Gasteiger partial charge >= 0.3 is 12.0 Å². The van der Waals surface area contributed by atoms with E-state index in [0.717, 1.165) is 5.56 Å². The van der Waals surface area contributed by atoms with Crippen LogP contribution in [-0.4, -0.2) is 23.7 Å². The van der Waals surface area contributed by atoms with Gasteiger partial charge in [0.2, 0.25) is 0 Å². The van der Waals surface area contributed by atoms with Crippen molar-refractivity contribution in [2.45, 2.75) is 6.54 Å². The van der Waals surface area contributed by atoms with E-state index in [2.05, 4.69) is 17.2 Å². The summed E-state index contributed by atoms with van der Waals surface area (Å²) in [6, 6.07) is 6.10. The van der Waals surface area contributed by atoms with E-state index in [0.29, 0.717) is 6.54 Å². The highest BCUT2D eigenvalue weighted by atomic mass is 16.4. The van der Waals surface area contributed by atoms with Crippen LogP contribution in [0.25, 0.3) is 0 Å². The van der Waals surface area contributed by atoms with Crippen molar-refractivity contribution in [1.29, 1.82) is 0 Å². The Morgan fingerprint density at radius 1 is 1.35 bits per heavy atom. The maximum Gasteiger partial charge on any atom is 0.335 e. The van der Waals surface area contributed by atoms with Crippen molar-refractivity contribution >= 4 is 12.0 Å². The van der Waals surface area contributed by atoms with E-state index < -0.39 is 5.97 Å². The Hall–Kier alpha value is -2.30. The van der Waals surface area contributed by atoms with Gasteiger partial charge in [-0.05, 0) is 17.7 Å². The number of aromatic carboxylic acids is 1. The molecule has 0 heterocycles. The Kier molecular flexibility index (Phi) is 4.75. The van der Waals surface area contributed by atoms with Crippen LogP contribution < -0.4 is 10.6 Å². The zero-order chi connectivity index (χ0) is 12.7. The Morgan fingerprint density at radius 2 is 2.12 bits per heavy atom. The van der Waals surface area contributed by atoms with E-state index >= 15 is 0 Å². The summed E-state index contributed by atoms with van der Waals surface area (Å²) in [6.07, 6.45) is 1.57. The third kappa shape index (κ3) is 4.38. The van der Waals surface area contributed by atoms with Crippen LogP contribution in [0.3, 0.4) is 0 Å². The molecule has 0 saturated heterocycles. The quantitative estimate of drug-likeness (QED) is 0.673. The number of benzene rings is 1. The zero-order valence-electron chi connectivity index (χ0n) is 9.27. The maximum absolute atomic E-state index is 11.2. The predicted molar refractivity (Wildman–Crippen MR) is 63.8 cm³/mol. The van der Waals surface area contributed by atoms with Gasteiger partial charge in [0, 0.05) is 13.1 Å². The second-order valence-electron chi connectivity index (χ2n) is 3.36. The van der Waals surface area contributed by atoms with E-state index in [1.165, 1.54) is 12.1 Å². The zero-order valence-corrected chi connectivity index (χ0v) is 9.27. The van der Waals surface area contributed by atoms with Gasteiger partial charge in [0.1, 0.15) is 0 Å². The fourth-order valence-corrected chi connectivity index (χ4v) is 1.22. The number of hydrogen-bond donors (Lipinski definition) is 3. The predicted octanol–water partition coefficient (Wildman–Crippen LogP) is 1.37. The van der Waals surface area contributed by atoms with E-state index in [9.17, 15) is 9.59 Å². The second-order valence-corrected chi connectivity index (χ2v) is 3.36. The summed E-state index contributed by atoms with van der Waals surface area (Å²) in [7, 11) is 0. The molecule has 5 heteroatoms. The fraction of sp³-hybridized carbons (Fsp3) is 0.167. The van der Waals surface area contributed by atoms with Crippen molar-refractivity contribution in [3.8, 4) is 0 Å². The highest BCUT2D eigenvalue weighted by Gasteiger charge is 2.04. The number of carboxylic acid groups (broad SMARTS) is 1. The Balaban J connectivity index is 2.51. The summed E-state index contributed by atoms with van der Waals surface area (Å²) < 4.78 is 0. The summed E-state index contributed by atoms with van der Waals surface area (Å²) >= 11 is 0. The molecular formula is C12H14N2O3. The van der Waals surface area contributed by atoms with E-state index in [-0.39, 0.29) is 18.1 Å². The number of hydrogen-bond acceptors (Lipinski definition) is 2. The first kappa shape index (κ1) is 12.8. The van der Waals surface area contributed by atoms with Crippen LogP contribution in [0, 0.1) is 0 Å². The minimum absolute atomic E-state index is 0.204. The molecule has 2 amide bonds. The molecule has 0 spiro atoms. The van der Waals surface area contributed by atoms with Gasteiger partial charge in [-0.1, -0.05) is 18.2 Å². The lowest BCUT2D eigenvalue weighted by Crippen LogP contribution is -2.34. The SMILES string of the molecule is C=CCNC(=O)NCc1cccc(C(=O)O)c1. The normalized spacial score (nSPS) is 9.41. The van der Waals surface area contributed by atoms with Gasteiger partial charge in [-0.2, -0.15) is 0 Å². The number of urea groups is 1. The molecule has 3 N–H and O–H groups in total. The number of rotatable bonds is 5. The molecule has 0 bridgehead atoms. The van der Waals surface area contributed by atoms with Crippen LogP contribution in [-0.2, 0) is 6.54 Å². The lowest BCUT2D eigenvalue weighted by atomic mass is 10.1. The molecule has 1 aromatic carbocycles. The molecule has 1 rings (SSSR count). The average Bonchev–Trinajstić information content (AvgIpc) is 2.34. The monoisotopic (exact) mass is 234 g/mol. The van der Waals surface area contributed by atoms with Crippen LogP contribution in [0.4, 0.5) is 4.79 Å². The number of carbonyl (C=O) groups excluding carboxylic acids is 1. The first-order valence-electron chi connectivity index (χ1n) is 5.08. The molecule has 90 valence electrons. The van der Waals surface area contributed by atoms with Crippen molar-refractivity contribution in [2.24, 2.45) is 0 Å². The molecule has 0 fully saturated rings. The van der Waals surface area contributed by atoms with E-state index in [1.807, 2.05) is 0 Å². The molecule has 0 atom stereocenters. The van der Waals surface area contributed by atoms with Crippen molar-refractivity contribution < 1.29 is 14.7 Å². The van der Waals surface area contributed by atoms with Crippen LogP contribution in [0.15, 0.2) is 36.9 Å². The summed E-state index contributed by atoms with van der Waals surface area (Å²) in [5.74, 6) is -0.983. The summed E-state index contributed by atoms with van der Waals surface area (Å²) in [5, 5.41) is 14.0. The molecule has 0 aliphatic carbocycles. The third-order valence-electron chi connectivity index (χ3n) is 2.03.